The van der Waals surface area contributed by atoms with Gasteiger partial charge in [0.15, 0.2) is 0 Å². The summed E-state index contributed by atoms with van der Waals surface area (Å²) >= 11 is 0. The number of hydrogen-bond acceptors (Lipinski definition) is 7. The van der Waals surface area contributed by atoms with Gasteiger partial charge in [-0.15, -0.1) is 0 Å². The third kappa shape index (κ3) is 5.73. The number of nitrogens with zero attached hydrogens (tertiary/aromatic N) is 4. The number of benzene rings is 2. The third-order valence-electron chi connectivity index (χ3n) is 8.94. The van der Waals surface area contributed by atoms with Gasteiger partial charge in [-0.25, -0.2) is 0 Å². The lowest BCUT2D eigenvalue weighted by atomic mass is 9.83. The van der Waals surface area contributed by atoms with Crippen LogP contribution in [0.3, 0.4) is 0 Å². The van der Waals surface area contributed by atoms with E-state index in [1.165, 1.54) is 21.1 Å². The second-order valence-electron chi connectivity index (χ2n) is 11.7. The summed E-state index contributed by atoms with van der Waals surface area (Å²) in [6, 6.07) is 15.9. The highest BCUT2D eigenvalue weighted by Crippen LogP contribution is 2.39. The molecule has 2 atom stereocenters. The molecule has 3 aliphatic rings. The predicted molar refractivity (Wildman–Crippen MR) is 166 cm³/mol. The van der Waals surface area contributed by atoms with Crippen LogP contribution in [0.4, 0.5) is 11.4 Å². The van der Waals surface area contributed by atoms with E-state index in [0.29, 0.717) is 74.1 Å². The molecule has 4 heterocycles. The molecule has 2 aromatic carbocycles. The zero-order valence-electron chi connectivity index (χ0n) is 25.2. The van der Waals surface area contributed by atoms with Gasteiger partial charge in [0, 0.05) is 87.6 Å². The molecule has 11 heteroatoms. The number of aromatic nitrogens is 1. The first-order valence-corrected chi connectivity index (χ1v) is 14.9. The van der Waals surface area contributed by atoms with Gasteiger partial charge in [0.2, 0.25) is 5.91 Å². The Labute approximate surface area is 255 Å². The predicted octanol–water partition coefficient (Wildman–Crippen LogP) is 3.05. The van der Waals surface area contributed by atoms with Crippen molar-refractivity contribution < 1.29 is 23.9 Å². The van der Waals surface area contributed by atoms with E-state index in [4.69, 9.17) is 9.47 Å². The summed E-state index contributed by atoms with van der Waals surface area (Å²) in [6.45, 7) is 5.44. The standard InChI is InChI=1S/C33H37N5O6/c1-21(39)35-9-11-36(12-10-35)33(42)23-7-8-30(28(16-23)34-32(41)24-14-26(43-2)17-27(15-24)44-3)37-18-22-13-25(20-37)29-5-4-6-31(40)38(29)19-22/h4-8,14-17,22,25H,9-13,18-20H2,1-3H3,(H,34,41). The van der Waals surface area contributed by atoms with Gasteiger partial charge in [-0.3, -0.25) is 19.2 Å². The molecule has 0 spiro atoms. The minimum atomic E-state index is -0.364. The molecule has 230 valence electrons. The first-order valence-electron chi connectivity index (χ1n) is 14.9. The van der Waals surface area contributed by atoms with Gasteiger partial charge in [0.05, 0.1) is 25.6 Å². The molecule has 1 aromatic heterocycles. The van der Waals surface area contributed by atoms with Crippen LogP contribution in [0, 0.1) is 5.92 Å². The van der Waals surface area contributed by atoms with E-state index in [0.717, 1.165) is 17.8 Å². The molecule has 2 saturated heterocycles. The molecular weight excluding hydrogens is 562 g/mol. The van der Waals surface area contributed by atoms with Crippen molar-refractivity contribution in [3.8, 4) is 11.5 Å². The Bertz CT molecular complexity index is 1640. The van der Waals surface area contributed by atoms with Crippen LogP contribution in [-0.2, 0) is 11.3 Å². The molecule has 1 N–H and O–H groups in total. The number of anilines is 2. The van der Waals surface area contributed by atoms with Crippen LogP contribution in [0.1, 0.15) is 45.7 Å². The van der Waals surface area contributed by atoms with Gasteiger partial charge in [-0.2, -0.15) is 0 Å². The minimum Gasteiger partial charge on any atom is -0.497 e. The first-order chi connectivity index (χ1) is 21.2. The van der Waals surface area contributed by atoms with E-state index in [1.807, 2.05) is 28.8 Å². The molecular formula is C33H37N5O6. The van der Waals surface area contributed by atoms with E-state index in [1.54, 1.807) is 40.1 Å². The molecule has 2 unspecified atom stereocenters. The highest BCUT2D eigenvalue weighted by molar-refractivity contribution is 6.07. The lowest BCUT2D eigenvalue weighted by molar-refractivity contribution is -0.130. The Hall–Kier alpha value is -4.80. The van der Waals surface area contributed by atoms with Crippen molar-refractivity contribution in [2.24, 2.45) is 5.92 Å². The molecule has 2 fully saturated rings. The van der Waals surface area contributed by atoms with Crippen LogP contribution in [0.25, 0.3) is 0 Å². The summed E-state index contributed by atoms with van der Waals surface area (Å²) in [5.41, 5.74) is 3.21. The largest absolute Gasteiger partial charge is 0.497 e. The van der Waals surface area contributed by atoms with Crippen LogP contribution >= 0.6 is 0 Å². The van der Waals surface area contributed by atoms with Crippen LogP contribution in [0.5, 0.6) is 11.5 Å². The highest BCUT2D eigenvalue weighted by atomic mass is 16.5. The Balaban J connectivity index is 1.32. The molecule has 0 radical (unpaired) electrons. The SMILES string of the molecule is COc1cc(OC)cc(C(=O)Nc2cc(C(=O)N3CCN(C(C)=O)CC3)ccc2N2CC3CC(C2)c2cccc(=O)n2C3)c1. The summed E-state index contributed by atoms with van der Waals surface area (Å²) in [4.78, 5) is 57.3. The number of pyridine rings is 1. The van der Waals surface area contributed by atoms with Gasteiger partial charge in [-0.05, 0) is 48.7 Å². The molecule has 11 nitrogen and oxygen atoms in total. The lowest BCUT2D eigenvalue weighted by Crippen LogP contribution is -2.50. The minimum absolute atomic E-state index is 0.000536. The van der Waals surface area contributed by atoms with Crippen molar-refractivity contribution in [1.29, 1.82) is 0 Å². The number of piperidine rings is 1. The molecule has 3 amide bonds. The van der Waals surface area contributed by atoms with Crippen molar-refractivity contribution in [3.05, 3.63) is 81.8 Å². The normalized spacial score (nSPS) is 19.2. The van der Waals surface area contributed by atoms with Crippen molar-refractivity contribution in [2.45, 2.75) is 25.8 Å². The molecule has 0 saturated carbocycles. The number of amides is 3. The van der Waals surface area contributed by atoms with E-state index in [9.17, 15) is 19.2 Å². The average Bonchev–Trinajstić information content (AvgIpc) is 3.04. The maximum atomic E-state index is 13.7. The lowest BCUT2D eigenvalue weighted by Gasteiger charge is -2.44. The second-order valence-corrected chi connectivity index (χ2v) is 11.7. The van der Waals surface area contributed by atoms with Gasteiger partial charge in [0.1, 0.15) is 11.5 Å². The smallest absolute Gasteiger partial charge is 0.255 e. The molecule has 44 heavy (non-hydrogen) atoms. The summed E-state index contributed by atoms with van der Waals surface area (Å²) in [6.07, 6.45) is 0.994. The van der Waals surface area contributed by atoms with Gasteiger partial charge in [-0.1, -0.05) is 6.07 Å². The van der Waals surface area contributed by atoms with Crippen molar-refractivity contribution in [2.75, 3.05) is 63.7 Å². The number of carbonyl (C=O) groups is 3. The number of rotatable bonds is 6. The summed E-state index contributed by atoms with van der Waals surface area (Å²) in [7, 11) is 3.05. The van der Waals surface area contributed by atoms with E-state index in [2.05, 4.69) is 10.2 Å². The number of nitrogens with one attached hydrogen (secondary N) is 1. The van der Waals surface area contributed by atoms with Crippen LogP contribution in [-0.4, -0.2) is 85.6 Å². The van der Waals surface area contributed by atoms with Crippen LogP contribution < -0.4 is 25.2 Å². The summed E-state index contributed by atoms with van der Waals surface area (Å²) < 4.78 is 12.6. The molecule has 2 bridgehead atoms. The molecule has 3 aromatic rings. The maximum absolute atomic E-state index is 13.7. The number of ether oxygens (including phenoxy) is 2. The maximum Gasteiger partial charge on any atom is 0.255 e. The topological polar surface area (TPSA) is 113 Å². The Kier molecular flexibility index (Phi) is 8.03. The number of methoxy groups -OCH3 is 2. The fourth-order valence-corrected chi connectivity index (χ4v) is 6.68. The number of hydrogen-bond donors (Lipinski definition) is 1. The summed E-state index contributed by atoms with van der Waals surface area (Å²) in [5, 5.41) is 3.07. The van der Waals surface area contributed by atoms with Crippen molar-refractivity contribution in [3.63, 3.8) is 0 Å². The number of carbonyl (C=O) groups excluding carboxylic acids is 3. The number of fused-ring (bicyclic) bond motifs is 4. The zero-order valence-corrected chi connectivity index (χ0v) is 25.2. The Morgan fingerprint density at radius 2 is 1.52 bits per heavy atom. The fourth-order valence-electron chi connectivity index (χ4n) is 6.68. The second kappa shape index (κ2) is 12.1. The van der Waals surface area contributed by atoms with Gasteiger partial charge < -0.3 is 34.1 Å². The fraction of sp³-hybridized carbons (Fsp3) is 0.394. The average molecular weight is 600 g/mol. The van der Waals surface area contributed by atoms with Gasteiger partial charge in [0.25, 0.3) is 17.4 Å². The van der Waals surface area contributed by atoms with Crippen molar-refractivity contribution in [1.82, 2.24) is 14.4 Å². The van der Waals surface area contributed by atoms with Crippen molar-refractivity contribution >= 4 is 29.1 Å². The first kappa shape index (κ1) is 29.3. The van der Waals surface area contributed by atoms with E-state index < -0.39 is 0 Å². The van der Waals surface area contributed by atoms with Crippen LogP contribution in [0.15, 0.2) is 59.4 Å². The quantitative estimate of drug-likeness (QED) is 0.464. The van der Waals surface area contributed by atoms with Gasteiger partial charge >= 0.3 is 0 Å². The molecule has 3 aliphatic heterocycles. The highest BCUT2D eigenvalue weighted by Gasteiger charge is 2.35. The van der Waals surface area contributed by atoms with Crippen LogP contribution in [0.2, 0.25) is 0 Å². The Morgan fingerprint density at radius 1 is 0.818 bits per heavy atom. The Morgan fingerprint density at radius 3 is 2.20 bits per heavy atom. The zero-order chi connectivity index (χ0) is 31.0. The monoisotopic (exact) mass is 599 g/mol. The van der Waals surface area contributed by atoms with E-state index >= 15 is 0 Å². The summed E-state index contributed by atoms with van der Waals surface area (Å²) in [5.74, 6) is 0.897. The molecule has 6 rings (SSSR count). The van der Waals surface area contributed by atoms with E-state index in [-0.39, 0.29) is 35.1 Å². The number of piperazine rings is 1. The third-order valence-corrected chi connectivity index (χ3v) is 8.94. The molecule has 0 aliphatic carbocycles.